The first kappa shape index (κ1) is 19.6. The molecule has 4 N–H and O–H groups in total. The van der Waals surface area contributed by atoms with Crippen molar-refractivity contribution in [1.29, 1.82) is 0 Å². The molecule has 7 aliphatic rings. The molecule has 6 aliphatic carbocycles. The molecule has 1 saturated heterocycles. The van der Waals surface area contributed by atoms with Crippen LogP contribution in [0.3, 0.4) is 0 Å². The average molecular weight is 457 g/mol. The Morgan fingerprint density at radius 2 is 1.59 bits per heavy atom. The van der Waals surface area contributed by atoms with Crippen molar-refractivity contribution >= 4 is 17.6 Å². The van der Waals surface area contributed by atoms with Crippen LogP contribution in [-0.4, -0.2) is 41.8 Å². The van der Waals surface area contributed by atoms with E-state index < -0.39 is 5.97 Å². The Bertz CT molecular complexity index is 1210. The van der Waals surface area contributed by atoms with Crippen molar-refractivity contribution < 1.29 is 19.8 Å². The number of amides is 1. The van der Waals surface area contributed by atoms with Crippen LogP contribution in [0.1, 0.15) is 34.7 Å². The zero-order valence-corrected chi connectivity index (χ0v) is 18.8. The van der Waals surface area contributed by atoms with Crippen LogP contribution in [0.4, 0.5) is 5.69 Å². The minimum atomic E-state index is -0.942. The number of aliphatic hydroxyl groups is 1. The summed E-state index contributed by atoms with van der Waals surface area (Å²) in [5, 5.41) is 26.8. The van der Waals surface area contributed by atoms with E-state index in [2.05, 4.69) is 10.6 Å². The average Bonchev–Trinajstić information content (AvgIpc) is 2.88. The summed E-state index contributed by atoms with van der Waals surface area (Å²) in [6.45, 7) is 1.99. The SMILES string of the molecule is O=C(O)c1cc(-c2ccccc2)cc(NC(=O)C23C4C5C2C2C3C4C52CO)c1C1CCNCC1. The number of aromatic carboxylic acids is 1. The van der Waals surface area contributed by atoms with Gasteiger partial charge in [0, 0.05) is 17.7 Å². The van der Waals surface area contributed by atoms with Gasteiger partial charge in [0.1, 0.15) is 0 Å². The number of carbonyl (C=O) groups is 2. The van der Waals surface area contributed by atoms with E-state index in [1.54, 1.807) is 6.07 Å². The van der Waals surface area contributed by atoms with Gasteiger partial charge in [0.25, 0.3) is 0 Å². The number of rotatable bonds is 6. The number of carboxylic acids is 1. The van der Waals surface area contributed by atoms with Crippen LogP contribution < -0.4 is 10.6 Å². The molecule has 1 aliphatic heterocycles. The number of piperidine rings is 1. The first-order chi connectivity index (χ1) is 16.6. The molecule has 0 aromatic heterocycles. The molecule has 1 heterocycles. The van der Waals surface area contributed by atoms with Crippen LogP contribution in [0.5, 0.6) is 0 Å². The maximum absolute atomic E-state index is 13.8. The second-order valence-corrected chi connectivity index (χ2v) is 11.5. The van der Waals surface area contributed by atoms with Gasteiger partial charge in [-0.15, -0.1) is 0 Å². The predicted octanol–water partition coefficient (Wildman–Crippen LogP) is 3.19. The highest BCUT2D eigenvalue weighted by Gasteiger charge is 3.11. The summed E-state index contributed by atoms with van der Waals surface area (Å²) in [6, 6.07) is 13.6. The summed E-state index contributed by atoms with van der Waals surface area (Å²) in [4.78, 5) is 26.3. The standard InChI is InChI=1S/C28H28N2O4/c31-12-27-19-22-20(27)24-21(27)23(19)28(22,24)26(34)30-17-11-15(13-4-2-1-3-5-13)10-16(25(32)33)18(17)14-6-8-29-9-7-14/h1-5,10-11,14,19-24,29,31H,6-9,12H2,(H,30,34)(H,32,33). The summed E-state index contributed by atoms with van der Waals surface area (Å²) < 4.78 is 0. The lowest BCUT2D eigenvalue weighted by Gasteiger charge is -3.10. The quantitative estimate of drug-likeness (QED) is 0.535. The van der Waals surface area contributed by atoms with Crippen molar-refractivity contribution in [2.75, 3.05) is 25.0 Å². The molecule has 7 fully saturated rings. The molecular weight excluding hydrogens is 428 g/mol. The van der Waals surface area contributed by atoms with Crippen LogP contribution >= 0.6 is 0 Å². The molecular formula is C28H28N2O4. The molecule has 0 radical (unpaired) electrons. The lowest BCUT2D eigenvalue weighted by atomic mass is 8.92. The van der Waals surface area contributed by atoms with Gasteiger partial charge in [-0.2, -0.15) is 0 Å². The number of hydrogen-bond donors (Lipinski definition) is 4. The van der Waals surface area contributed by atoms with Crippen molar-refractivity contribution in [2.24, 2.45) is 46.3 Å². The molecule has 9 rings (SSSR count). The maximum atomic E-state index is 13.8. The van der Waals surface area contributed by atoms with Crippen molar-refractivity contribution in [3.8, 4) is 11.1 Å². The van der Waals surface area contributed by atoms with Gasteiger partial charge in [0.15, 0.2) is 0 Å². The Morgan fingerprint density at radius 1 is 0.941 bits per heavy atom. The zero-order valence-electron chi connectivity index (χ0n) is 18.8. The van der Waals surface area contributed by atoms with Gasteiger partial charge in [0.05, 0.1) is 11.0 Å². The van der Waals surface area contributed by atoms with Crippen LogP contribution in [0.25, 0.3) is 11.1 Å². The highest BCUT2D eigenvalue weighted by molar-refractivity contribution is 6.04. The van der Waals surface area contributed by atoms with E-state index in [0.717, 1.165) is 42.6 Å². The predicted molar refractivity (Wildman–Crippen MR) is 125 cm³/mol. The molecule has 0 bridgehead atoms. The fraction of sp³-hybridized carbons (Fsp3) is 0.500. The van der Waals surface area contributed by atoms with Gasteiger partial charge in [-0.05, 0) is 96.2 Å². The molecule has 6 nitrogen and oxygen atoms in total. The Labute approximate surface area is 197 Å². The van der Waals surface area contributed by atoms with Gasteiger partial charge in [-0.25, -0.2) is 4.79 Å². The maximum Gasteiger partial charge on any atom is 0.336 e. The molecule has 34 heavy (non-hydrogen) atoms. The van der Waals surface area contributed by atoms with Crippen LogP contribution in [0.15, 0.2) is 42.5 Å². The summed E-state index contributed by atoms with van der Waals surface area (Å²) in [5.74, 6) is 2.25. The second kappa shape index (κ2) is 6.10. The molecule has 6 heteroatoms. The number of nitrogens with one attached hydrogen (secondary N) is 2. The monoisotopic (exact) mass is 456 g/mol. The first-order valence-corrected chi connectivity index (χ1v) is 12.7. The van der Waals surface area contributed by atoms with E-state index in [9.17, 15) is 19.8 Å². The summed E-state index contributed by atoms with van der Waals surface area (Å²) >= 11 is 0. The molecule has 174 valence electrons. The van der Waals surface area contributed by atoms with Crippen LogP contribution in [0.2, 0.25) is 0 Å². The number of hydrogen-bond acceptors (Lipinski definition) is 4. The molecule has 2 aromatic carbocycles. The molecule has 0 spiro atoms. The molecule has 6 saturated carbocycles. The topological polar surface area (TPSA) is 98.7 Å². The number of aliphatic hydroxyl groups excluding tert-OH is 1. The van der Waals surface area contributed by atoms with Gasteiger partial charge >= 0.3 is 5.97 Å². The number of benzene rings is 2. The van der Waals surface area contributed by atoms with Gasteiger partial charge in [-0.3, -0.25) is 4.79 Å². The fourth-order valence-electron chi connectivity index (χ4n) is 10.0. The minimum absolute atomic E-state index is 0.0965. The van der Waals surface area contributed by atoms with E-state index in [-0.39, 0.29) is 29.3 Å². The van der Waals surface area contributed by atoms with Gasteiger partial charge < -0.3 is 20.8 Å². The smallest absolute Gasteiger partial charge is 0.336 e. The van der Waals surface area contributed by atoms with E-state index >= 15 is 0 Å². The third-order valence-electron chi connectivity index (χ3n) is 11.0. The third kappa shape index (κ3) is 1.80. The minimum Gasteiger partial charge on any atom is -0.478 e. The number of anilines is 1. The van der Waals surface area contributed by atoms with Crippen LogP contribution in [-0.2, 0) is 4.79 Å². The Balaban J connectivity index is 1.19. The van der Waals surface area contributed by atoms with E-state index in [0.29, 0.717) is 46.8 Å². The van der Waals surface area contributed by atoms with Gasteiger partial charge in [-0.1, -0.05) is 30.3 Å². The lowest BCUT2D eigenvalue weighted by molar-refractivity contribution is -0.643. The fourth-order valence-corrected chi connectivity index (χ4v) is 10.0. The summed E-state index contributed by atoms with van der Waals surface area (Å²) in [7, 11) is 0. The number of carbonyl (C=O) groups excluding carboxylic acids is 1. The second-order valence-electron chi connectivity index (χ2n) is 11.5. The zero-order chi connectivity index (χ0) is 23.0. The van der Waals surface area contributed by atoms with E-state index in [4.69, 9.17) is 0 Å². The van der Waals surface area contributed by atoms with Crippen molar-refractivity contribution in [1.82, 2.24) is 5.32 Å². The molecule has 0 atom stereocenters. The Morgan fingerprint density at radius 3 is 2.18 bits per heavy atom. The Kier molecular flexibility index (Phi) is 3.51. The van der Waals surface area contributed by atoms with Crippen molar-refractivity contribution in [3.05, 3.63) is 53.6 Å². The van der Waals surface area contributed by atoms with Crippen molar-refractivity contribution in [2.45, 2.75) is 18.8 Å². The van der Waals surface area contributed by atoms with E-state index in [1.165, 1.54) is 0 Å². The van der Waals surface area contributed by atoms with Crippen LogP contribution in [0, 0.1) is 46.3 Å². The largest absolute Gasteiger partial charge is 0.478 e. The van der Waals surface area contributed by atoms with Gasteiger partial charge in [0.2, 0.25) is 5.91 Å². The normalized spacial score (nSPS) is 41.7. The number of carboxylic acid groups (broad SMARTS) is 1. The Hall–Kier alpha value is -2.70. The lowest BCUT2D eigenvalue weighted by Crippen LogP contribution is -3.11. The molecule has 1 amide bonds. The highest BCUT2D eigenvalue weighted by atomic mass is 16.4. The van der Waals surface area contributed by atoms with Crippen molar-refractivity contribution in [3.63, 3.8) is 0 Å². The summed E-state index contributed by atoms with van der Waals surface area (Å²) in [5.41, 5.74) is 3.46. The summed E-state index contributed by atoms with van der Waals surface area (Å²) in [6.07, 6.45) is 1.72. The first-order valence-electron chi connectivity index (χ1n) is 12.7. The highest BCUT2D eigenvalue weighted by Crippen LogP contribution is 3.10. The van der Waals surface area contributed by atoms with E-state index in [1.807, 2.05) is 36.4 Å². The molecule has 0 unspecified atom stereocenters. The molecule has 2 aromatic rings. The third-order valence-corrected chi connectivity index (χ3v) is 11.0.